The molecule has 0 radical (unpaired) electrons. The van der Waals surface area contributed by atoms with Gasteiger partial charge in [0.15, 0.2) is 34.5 Å². The molecule has 0 atom stereocenters. The van der Waals surface area contributed by atoms with E-state index in [1.54, 1.807) is 36.5 Å². The maximum Gasteiger partial charge on any atom is 0.336 e. The largest absolute Gasteiger partial charge is 0.494 e. The molecule has 0 aliphatic rings. The van der Waals surface area contributed by atoms with Gasteiger partial charge in [0, 0.05) is 36.5 Å². The molecule has 0 aliphatic heterocycles. The Morgan fingerprint density at radius 1 is 0.182 bits per heavy atom. The Morgan fingerprint density at radius 2 is 0.311 bits per heavy atom. The third-order valence-electron chi connectivity index (χ3n) is 22.2. The highest BCUT2D eigenvalue weighted by molar-refractivity contribution is 6.27. The van der Waals surface area contributed by atoms with Crippen LogP contribution < -0.4 is 56.8 Å². The van der Waals surface area contributed by atoms with Crippen LogP contribution in [0, 0.1) is 0 Å². The fraction of sp³-hybridized carbons (Fsp3) is 0.368. The number of unbranched alkanes of at least 4 members (excludes halogenated alkanes) is 24. The van der Waals surface area contributed by atoms with E-state index in [1.165, 1.54) is 111 Å². The molecule has 0 bridgehead atoms. The number of benzene rings is 10. The number of carbonyl (C=O) groups is 6. The Morgan fingerprint density at radius 3 is 0.439 bits per heavy atom. The second-order valence-corrected chi connectivity index (χ2v) is 33.1. The normalized spacial score (nSPS) is 11.6. The maximum absolute atomic E-state index is 14.6. The first-order valence-electron chi connectivity index (χ1n) is 48.0. The highest BCUT2D eigenvalue weighted by Gasteiger charge is 2.25. The Bertz CT molecular complexity index is 4530. The molecule has 0 heterocycles. The van der Waals surface area contributed by atoms with Crippen molar-refractivity contribution in [1.82, 2.24) is 0 Å². The second kappa shape index (κ2) is 58.0. The molecule has 0 spiro atoms. The molecule has 132 heavy (non-hydrogen) atoms. The predicted octanol–water partition coefficient (Wildman–Crippen LogP) is 29.0. The van der Waals surface area contributed by atoms with Crippen molar-refractivity contribution in [2.24, 2.45) is 0 Å². The van der Waals surface area contributed by atoms with Crippen LogP contribution in [0.3, 0.4) is 0 Å². The minimum Gasteiger partial charge on any atom is -0.494 e. The summed E-state index contributed by atoms with van der Waals surface area (Å²) in [6.45, 7) is 16.5. The highest BCUT2D eigenvalue weighted by atomic mass is 16.6. The van der Waals surface area contributed by atoms with E-state index in [0.717, 1.165) is 154 Å². The number of hydrogen-bond acceptors (Lipinski definition) is 18. The van der Waals surface area contributed by atoms with Crippen LogP contribution >= 0.6 is 0 Å². The van der Waals surface area contributed by atoms with Crippen molar-refractivity contribution < 1.29 is 85.6 Å². The van der Waals surface area contributed by atoms with Gasteiger partial charge in [0.05, 0.1) is 39.6 Å². The zero-order valence-corrected chi connectivity index (χ0v) is 78.1. The standard InChI is InChI=1S/C114H132O18/c1-7-13-19-25-31-73-121-91-55-37-85(38-56-91)49-67-109(115)127-103-79-97-98(80-104(103)128-110(116)68-50-86-39-57-92(58-40-86)122-74-32-26-20-14-8-2)100-82-106(130-112(118)70-52-88-43-61-94(62-44-88)124-76-34-28-22-16-10-4)108(132-114(120)72-54-90-47-65-96(66-48-90)126-78-36-30-24-18-12-6)84-102(100)101-83-107(131-113(119)71-53-89-45-63-95(64-46-89)125-77-35-29-23-17-11-5)105(81-99(97)101)129-111(117)69-51-87-41-59-93(60-42-87)123-75-33-27-21-15-9-3/h37-72,79-84H,7-36,73-78H2,1-6H3/b67-49+,68-50+,69-51+,70-52+,71-53+,72-54+. The van der Waals surface area contributed by atoms with E-state index in [4.69, 9.17) is 56.8 Å². The Kier molecular flexibility index (Phi) is 44.4. The Labute approximate surface area is 780 Å². The first-order chi connectivity index (χ1) is 64.7. The Hall–Kier alpha value is -13.0. The monoisotopic (exact) mass is 1790 g/mol. The zero-order chi connectivity index (χ0) is 93.0. The van der Waals surface area contributed by atoms with Crippen molar-refractivity contribution in [3.05, 3.63) is 252 Å². The first-order valence-corrected chi connectivity index (χ1v) is 48.0. The van der Waals surface area contributed by atoms with E-state index in [2.05, 4.69) is 41.5 Å². The second-order valence-electron chi connectivity index (χ2n) is 33.1. The summed E-state index contributed by atoms with van der Waals surface area (Å²) in [5, 5.41) is 1.66. The lowest BCUT2D eigenvalue weighted by Crippen LogP contribution is -2.10. The molecular formula is C114H132O18. The van der Waals surface area contributed by atoms with Crippen molar-refractivity contribution >= 4 is 105 Å². The zero-order valence-electron chi connectivity index (χ0n) is 78.1. The smallest absolute Gasteiger partial charge is 0.336 e. The van der Waals surface area contributed by atoms with Crippen LogP contribution in [-0.4, -0.2) is 75.5 Å². The van der Waals surface area contributed by atoms with Crippen LogP contribution in [-0.2, 0) is 28.8 Å². The average molecular weight is 1790 g/mol. The minimum absolute atomic E-state index is 0.234. The molecule has 10 rings (SSSR count). The van der Waals surface area contributed by atoms with Crippen LogP contribution in [0.2, 0.25) is 0 Å². The van der Waals surface area contributed by atoms with Crippen LogP contribution in [0.1, 0.15) is 268 Å². The molecule has 0 amide bonds. The fourth-order valence-corrected chi connectivity index (χ4v) is 14.8. The summed E-state index contributed by atoms with van der Waals surface area (Å²) >= 11 is 0. The van der Waals surface area contributed by atoms with Crippen molar-refractivity contribution in [3.8, 4) is 69.0 Å². The maximum atomic E-state index is 14.6. The number of esters is 6. The molecule has 18 heteroatoms. The number of hydrogen-bond donors (Lipinski definition) is 0. The molecular weight excluding hydrogens is 1660 g/mol. The van der Waals surface area contributed by atoms with Gasteiger partial charge in [-0.2, -0.15) is 0 Å². The van der Waals surface area contributed by atoms with E-state index in [0.29, 0.717) is 108 Å². The molecule has 0 aliphatic carbocycles. The number of rotatable bonds is 60. The van der Waals surface area contributed by atoms with Crippen molar-refractivity contribution in [2.45, 2.75) is 234 Å². The molecule has 10 aromatic carbocycles. The van der Waals surface area contributed by atoms with Crippen LogP contribution in [0.5, 0.6) is 69.0 Å². The number of ether oxygens (including phenoxy) is 12. The van der Waals surface area contributed by atoms with E-state index in [-0.39, 0.29) is 66.8 Å². The first kappa shape index (κ1) is 101. The lowest BCUT2D eigenvalue weighted by Gasteiger charge is -2.18. The average Bonchev–Trinajstić information content (AvgIpc) is 0.722. The number of carbonyl (C=O) groups excluding carboxylic acids is 6. The van der Waals surface area contributed by atoms with Gasteiger partial charge < -0.3 is 56.8 Å². The van der Waals surface area contributed by atoms with Gasteiger partial charge in [0.1, 0.15) is 34.5 Å². The van der Waals surface area contributed by atoms with Gasteiger partial charge in [-0.05, 0) is 250 Å². The predicted molar refractivity (Wildman–Crippen MR) is 531 cm³/mol. The van der Waals surface area contributed by atoms with Crippen molar-refractivity contribution in [3.63, 3.8) is 0 Å². The molecule has 10 aromatic rings. The fourth-order valence-electron chi connectivity index (χ4n) is 14.8. The topological polar surface area (TPSA) is 213 Å². The Balaban J connectivity index is 1.12. The van der Waals surface area contributed by atoms with Gasteiger partial charge in [-0.1, -0.05) is 268 Å². The van der Waals surface area contributed by atoms with Gasteiger partial charge >= 0.3 is 35.8 Å². The van der Waals surface area contributed by atoms with Gasteiger partial charge in [-0.15, -0.1) is 0 Å². The van der Waals surface area contributed by atoms with E-state index in [9.17, 15) is 28.8 Å². The van der Waals surface area contributed by atoms with Crippen LogP contribution in [0.15, 0.2) is 218 Å². The third-order valence-corrected chi connectivity index (χ3v) is 22.2. The molecule has 0 saturated carbocycles. The molecule has 0 unspecified atom stereocenters. The summed E-state index contributed by atoms with van der Waals surface area (Å²) in [4.78, 5) is 87.7. The molecule has 18 nitrogen and oxygen atoms in total. The SMILES string of the molecule is CCCCCCCOc1ccc(/C=C/C(=O)Oc2cc3c4cc(OC(=O)/C=C/c5ccc(OCCCCCCC)cc5)c(OC(=O)/C=C/c5ccc(OCCCCCCC)cc5)cc4c4cc(OC(=O)/C=C/c5ccc(OCCCCCCC)cc5)c(OC(=O)/C=C/c5ccc(OCCCCCCC)cc5)cc4c3cc2OC(=O)/C=C/c2ccc(OCCCCCCC)cc2)cc1. The van der Waals surface area contributed by atoms with E-state index >= 15 is 0 Å². The minimum atomic E-state index is -0.862. The van der Waals surface area contributed by atoms with Crippen molar-refractivity contribution in [2.75, 3.05) is 39.6 Å². The van der Waals surface area contributed by atoms with Gasteiger partial charge in [-0.25, -0.2) is 28.8 Å². The summed E-state index contributed by atoms with van der Waals surface area (Å²) < 4.78 is 74.2. The van der Waals surface area contributed by atoms with Crippen LogP contribution in [0.25, 0.3) is 68.8 Å². The molecule has 0 N–H and O–H groups in total. The summed E-state index contributed by atoms with van der Waals surface area (Å²) in [6, 6.07) is 52.8. The summed E-state index contributed by atoms with van der Waals surface area (Å²) in [7, 11) is 0. The van der Waals surface area contributed by atoms with Gasteiger partial charge in [-0.3, -0.25) is 0 Å². The van der Waals surface area contributed by atoms with E-state index < -0.39 is 35.8 Å². The van der Waals surface area contributed by atoms with Gasteiger partial charge in [0.2, 0.25) is 0 Å². The van der Waals surface area contributed by atoms with Crippen molar-refractivity contribution in [1.29, 1.82) is 0 Å². The van der Waals surface area contributed by atoms with E-state index in [1.807, 2.05) is 146 Å². The summed E-state index contributed by atoms with van der Waals surface area (Å²) in [5.41, 5.74) is 3.95. The molecule has 0 fully saturated rings. The summed E-state index contributed by atoms with van der Waals surface area (Å²) in [5.74, 6) is -2.50. The number of fused-ring (bicyclic) bond motifs is 6. The quantitative estimate of drug-likeness (QED) is 0.0114. The third kappa shape index (κ3) is 36.1. The highest BCUT2D eigenvalue weighted by Crippen LogP contribution is 2.48. The lowest BCUT2D eigenvalue weighted by atomic mass is 9.93. The molecule has 0 aromatic heterocycles. The lowest BCUT2D eigenvalue weighted by molar-refractivity contribution is -0.131. The van der Waals surface area contributed by atoms with Crippen LogP contribution in [0.4, 0.5) is 0 Å². The molecule has 696 valence electrons. The summed E-state index contributed by atoms with van der Waals surface area (Å²) in [6.07, 6.45) is 49.7. The molecule has 0 saturated heterocycles. The van der Waals surface area contributed by atoms with Gasteiger partial charge in [0.25, 0.3) is 0 Å².